The molecule has 0 saturated carbocycles. The Morgan fingerprint density at radius 2 is 2.11 bits per heavy atom. The molecule has 1 amide bonds. The first-order valence-corrected chi connectivity index (χ1v) is 9.80. The summed E-state index contributed by atoms with van der Waals surface area (Å²) in [5, 5.41) is 6.74. The van der Waals surface area contributed by atoms with Crippen molar-refractivity contribution in [2.45, 2.75) is 25.3 Å². The molecular weight excluding hydrogens is 352 g/mol. The molecule has 1 atom stereocenters. The standard InChI is InChI=1S/C22H26N4O2/c1-23-22(24-11-9-16-7-8-20-17(13-16)10-12-28-20)25-18-14-21(27)26(15-18)19-5-3-2-4-6-19/h2-8,13,18H,9-12,14-15H2,1H3,(H2,23,24,25). The fraction of sp³-hybridized carbons (Fsp3) is 0.364. The largest absolute Gasteiger partial charge is 0.493 e. The molecule has 0 bridgehead atoms. The Morgan fingerprint density at radius 3 is 2.93 bits per heavy atom. The molecular formula is C22H26N4O2. The second-order valence-corrected chi connectivity index (χ2v) is 7.17. The predicted octanol–water partition coefficient (Wildman–Crippen LogP) is 2.13. The molecule has 146 valence electrons. The number of ether oxygens (including phenoxy) is 1. The molecule has 0 radical (unpaired) electrons. The third-order valence-corrected chi connectivity index (χ3v) is 5.22. The third-order valence-electron chi connectivity index (χ3n) is 5.22. The van der Waals surface area contributed by atoms with Gasteiger partial charge >= 0.3 is 0 Å². The Bertz CT molecular complexity index is 866. The van der Waals surface area contributed by atoms with Gasteiger partial charge in [-0.25, -0.2) is 0 Å². The van der Waals surface area contributed by atoms with Gasteiger partial charge in [0.15, 0.2) is 5.96 Å². The number of anilines is 1. The highest BCUT2D eigenvalue weighted by atomic mass is 16.5. The Balaban J connectivity index is 1.28. The zero-order valence-electron chi connectivity index (χ0n) is 16.1. The lowest BCUT2D eigenvalue weighted by atomic mass is 10.1. The van der Waals surface area contributed by atoms with E-state index in [1.165, 1.54) is 11.1 Å². The van der Waals surface area contributed by atoms with Crippen LogP contribution in [0, 0.1) is 0 Å². The molecule has 28 heavy (non-hydrogen) atoms. The van der Waals surface area contributed by atoms with Crippen LogP contribution in [0.2, 0.25) is 0 Å². The molecule has 1 fully saturated rings. The number of nitrogens with one attached hydrogen (secondary N) is 2. The quantitative estimate of drug-likeness (QED) is 0.618. The van der Waals surface area contributed by atoms with Crippen LogP contribution in [-0.2, 0) is 17.6 Å². The molecule has 2 heterocycles. The van der Waals surface area contributed by atoms with Crippen molar-refractivity contribution in [3.05, 3.63) is 59.7 Å². The van der Waals surface area contributed by atoms with Crippen LogP contribution in [0.5, 0.6) is 5.75 Å². The number of carbonyl (C=O) groups excluding carboxylic acids is 1. The summed E-state index contributed by atoms with van der Waals surface area (Å²) in [6, 6.07) is 16.3. The summed E-state index contributed by atoms with van der Waals surface area (Å²) in [4.78, 5) is 18.5. The number of aliphatic imine (C=N–C) groups is 1. The maximum Gasteiger partial charge on any atom is 0.229 e. The van der Waals surface area contributed by atoms with Crippen LogP contribution in [0.1, 0.15) is 17.5 Å². The number of para-hydroxylation sites is 1. The molecule has 0 aliphatic carbocycles. The molecule has 6 heteroatoms. The highest BCUT2D eigenvalue weighted by Crippen LogP contribution is 2.26. The Morgan fingerprint density at radius 1 is 1.25 bits per heavy atom. The molecule has 0 aromatic heterocycles. The van der Waals surface area contributed by atoms with Crippen molar-refractivity contribution < 1.29 is 9.53 Å². The van der Waals surface area contributed by atoms with Gasteiger partial charge in [0.05, 0.1) is 12.6 Å². The van der Waals surface area contributed by atoms with Crippen LogP contribution >= 0.6 is 0 Å². The van der Waals surface area contributed by atoms with Crippen LogP contribution < -0.4 is 20.3 Å². The van der Waals surface area contributed by atoms with E-state index in [-0.39, 0.29) is 11.9 Å². The summed E-state index contributed by atoms with van der Waals surface area (Å²) in [5.74, 6) is 1.89. The van der Waals surface area contributed by atoms with Crippen molar-refractivity contribution in [2.24, 2.45) is 4.99 Å². The second kappa shape index (κ2) is 8.33. The molecule has 1 unspecified atom stereocenters. The molecule has 6 nitrogen and oxygen atoms in total. The van der Waals surface area contributed by atoms with E-state index in [0.29, 0.717) is 13.0 Å². The zero-order valence-corrected chi connectivity index (χ0v) is 16.1. The van der Waals surface area contributed by atoms with Crippen LogP contribution in [-0.4, -0.2) is 44.7 Å². The summed E-state index contributed by atoms with van der Waals surface area (Å²) in [5.41, 5.74) is 3.53. The van der Waals surface area contributed by atoms with E-state index < -0.39 is 0 Å². The Kier molecular flexibility index (Phi) is 5.46. The van der Waals surface area contributed by atoms with Crippen LogP contribution in [0.3, 0.4) is 0 Å². The van der Waals surface area contributed by atoms with E-state index in [1.54, 1.807) is 7.05 Å². The van der Waals surface area contributed by atoms with E-state index in [0.717, 1.165) is 43.4 Å². The third kappa shape index (κ3) is 4.11. The van der Waals surface area contributed by atoms with Crippen LogP contribution in [0.15, 0.2) is 53.5 Å². The van der Waals surface area contributed by atoms with Crippen molar-refractivity contribution in [2.75, 3.05) is 31.6 Å². The van der Waals surface area contributed by atoms with E-state index in [1.807, 2.05) is 35.2 Å². The second-order valence-electron chi connectivity index (χ2n) is 7.17. The lowest BCUT2D eigenvalue weighted by Crippen LogP contribution is -2.45. The number of amides is 1. The SMILES string of the molecule is CN=C(NCCc1ccc2c(c1)CCO2)NC1CC(=O)N(c2ccccc2)C1. The number of fused-ring (bicyclic) bond motifs is 1. The molecule has 2 aromatic rings. The number of benzene rings is 2. The van der Waals surface area contributed by atoms with Crippen molar-refractivity contribution in [1.82, 2.24) is 10.6 Å². The van der Waals surface area contributed by atoms with Gasteiger partial charge in [-0.15, -0.1) is 0 Å². The zero-order chi connectivity index (χ0) is 19.3. The lowest BCUT2D eigenvalue weighted by molar-refractivity contribution is -0.117. The van der Waals surface area contributed by atoms with Gasteiger partial charge in [-0.3, -0.25) is 9.79 Å². The van der Waals surface area contributed by atoms with E-state index >= 15 is 0 Å². The average molecular weight is 378 g/mol. The number of hydrogen-bond donors (Lipinski definition) is 2. The van der Waals surface area contributed by atoms with Gasteiger partial charge in [-0.05, 0) is 35.7 Å². The fourth-order valence-corrected chi connectivity index (χ4v) is 3.77. The van der Waals surface area contributed by atoms with Gasteiger partial charge in [0.1, 0.15) is 5.75 Å². The maximum absolute atomic E-state index is 12.4. The normalized spacial score (nSPS) is 18.8. The van der Waals surface area contributed by atoms with E-state index in [2.05, 4.69) is 33.8 Å². The predicted molar refractivity (Wildman–Crippen MR) is 111 cm³/mol. The van der Waals surface area contributed by atoms with Crippen LogP contribution in [0.4, 0.5) is 5.69 Å². The first kappa shape index (κ1) is 18.3. The molecule has 4 rings (SSSR count). The number of rotatable bonds is 5. The molecule has 2 N–H and O–H groups in total. The lowest BCUT2D eigenvalue weighted by Gasteiger charge is -2.19. The highest BCUT2D eigenvalue weighted by Gasteiger charge is 2.31. The number of nitrogens with zero attached hydrogens (tertiary/aromatic N) is 2. The Hall–Kier alpha value is -3.02. The smallest absolute Gasteiger partial charge is 0.229 e. The summed E-state index contributed by atoms with van der Waals surface area (Å²) in [7, 11) is 1.76. The van der Waals surface area contributed by atoms with Crippen molar-refractivity contribution >= 4 is 17.6 Å². The molecule has 2 aliphatic heterocycles. The van der Waals surface area contributed by atoms with E-state index in [9.17, 15) is 4.79 Å². The minimum absolute atomic E-state index is 0.0519. The molecule has 2 aromatic carbocycles. The highest BCUT2D eigenvalue weighted by molar-refractivity contribution is 5.97. The van der Waals surface area contributed by atoms with Gasteiger partial charge in [0.25, 0.3) is 0 Å². The van der Waals surface area contributed by atoms with Gasteiger partial charge in [-0.1, -0.05) is 30.3 Å². The van der Waals surface area contributed by atoms with Crippen molar-refractivity contribution in [1.29, 1.82) is 0 Å². The first-order chi connectivity index (χ1) is 13.7. The van der Waals surface area contributed by atoms with Gasteiger partial charge in [0.2, 0.25) is 5.91 Å². The maximum atomic E-state index is 12.4. The topological polar surface area (TPSA) is 66.0 Å². The monoisotopic (exact) mass is 378 g/mol. The number of carbonyl (C=O) groups is 1. The molecule has 1 saturated heterocycles. The first-order valence-electron chi connectivity index (χ1n) is 9.80. The average Bonchev–Trinajstić information content (AvgIpc) is 3.33. The van der Waals surface area contributed by atoms with Crippen molar-refractivity contribution in [3.8, 4) is 5.75 Å². The van der Waals surface area contributed by atoms with Crippen molar-refractivity contribution in [3.63, 3.8) is 0 Å². The fourth-order valence-electron chi connectivity index (χ4n) is 3.77. The Labute approximate surface area is 165 Å². The van der Waals surface area contributed by atoms with E-state index in [4.69, 9.17) is 4.74 Å². The minimum Gasteiger partial charge on any atom is -0.493 e. The molecule has 2 aliphatic rings. The van der Waals surface area contributed by atoms with Gasteiger partial charge in [-0.2, -0.15) is 0 Å². The number of guanidine groups is 1. The van der Waals surface area contributed by atoms with Gasteiger partial charge in [0, 0.05) is 38.7 Å². The summed E-state index contributed by atoms with van der Waals surface area (Å²) in [6.07, 6.45) is 2.38. The van der Waals surface area contributed by atoms with Crippen LogP contribution in [0.25, 0.3) is 0 Å². The summed E-state index contributed by atoms with van der Waals surface area (Å²) < 4.78 is 5.56. The molecule has 0 spiro atoms. The number of hydrogen-bond acceptors (Lipinski definition) is 3. The minimum atomic E-state index is 0.0519. The summed E-state index contributed by atoms with van der Waals surface area (Å²) in [6.45, 7) is 2.21. The summed E-state index contributed by atoms with van der Waals surface area (Å²) >= 11 is 0. The van der Waals surface area contributed by atoms with Gasteiger partial charge < -0.3 is 20.3 Å².